The fourth-order valence-electron chi connectivity index (χ4n) is 2.25. The Kier molecular flexibility index (Phi) is 6.21. The first-order valence-electron chi connectivity index (χ1n) is 7.41. The third-order valence-electron chi connectivity index (χ3n) is 3.53. The zero-order valence-corrected chi connectivity index (χ0v) is 14.6. The molecule has 0 unspecified atom stereocenters. The molecule has 0 saturated heterocycles. The van der Waals surface area contributed by atoms with Crippen LogP contribution in [0.25, 0.3) is 17.7 Å². The van der Waals surface area contributed by atoms with Gasteiger partial charge in [0.1, 0.15) is 5.57 Å². The molecule has 0 heterocycles. The highest BCUT2D eigenvalue weighted by molar-refractivity contribution is 6.30. The maximum absolute atomic E-state index is 12.0. The summed E-state index contributed by atoms with van der Waals surface area (Å²) in [6.45, 7) is 1.94. The van der Waals surface area contributed by atoms with Gasteiger partial charge in [-0.25, -0.2) is 4.79 Å². The quantitative estimate of drug-likeness (QED) is 0.333. The minimum atomic E-state index is -0.432. The molecule has 0 aliphatic carbocycles. The zero-order valence-electron chi connectivity index (χ0n) is 13.9. The number of halogens is 1. The van der Waals surface area contributed by atoms with Gasteiger partial charge in [0.05, 0.1) is 20.5 Å². The van der Waals surface area contributed by atoms with Crippen molar-refractivity contribution in [1.29, 1.82) is 0 Å². The number of carbonyl (C=O) groups is 1. The molecule has 0 amide bonds. The van der Waals surface area contributed by atoms with E-state index in [2.05, 4.69) is 0 Å². The lowest BCUT2D eigenvalue weighted by Crippen LogP contribution is -2.06. The van der Waals surface area contributed by atoms with Crippen LogP contribution in [-0.4, -0.2) is 20.2 Å². The van der Waals surface area contributed by atoms with Gasteiger partial charge in [-0.3, -0.25) is 0 Å². The van der Waals surface area contributed by atoms with E-state index in [0.717, 1.165) is 22.3 Å². The van der Waals surface area contributed by atoms with Crippen LogP contribution in [0.3, 0.4) is 0 Å². The second kappa shape index (κ2) is 8.37. The number of rotatable bonds is 5. The molecule has 2 aromatic rings. The summed E-state index contributed by atoms with van der Waals surface area (Å²) < 4.78 is 9.86. The molecule has 24 heavy (non-hydrogen) atoms. The van der Waals surface area contributed by atoms with Gasteiger partial charge in [-0.1, -0.05) is 48.0 Å². The average molecular weight is 343 g/mol. The van der Waals surface area contributed by atoms with E-state index in [9.17, 15) is 4.79 Å². The van der Waals surface area contributed by atoms with Crippen LogP contribution < -0.4 is 0 Å². The largest absolute Gasteiger partial charge is 0.503 e. The van der Waals surface area contributed by atoms with Gasteiger partial charge in [-0.15, -0.1) is 0 Å². The summed E-state index contributed by atoms with van der Waals surface area (Å²) in [7, 11) is 2.86. The van der Waals surface area contributed by atoms with E-state index in [1.165, 1.54) is 20.5 Å². The van der Waals surface area contributed by atoms with Crippen LogP contribution in [0, 0.1) is 6.92 Å². The maximum Gasteiger partial charge on any atom is 0.341 e. The summed E-state index contributed by atoms with van der Waals surface area (Å²) >= 11 is 5.89. The van der Waals surface area contributed by atoms with Crippen LogP contribution in [0.2, 0.25) is 5.02 Å². The smallest absolute Gasteiger partial charge is 0.341 e. The third-order valence-corrected chi connectivity index (χ3v) is 3.78. The molecule has 0 bridgehead atoms. The van der Waals surface area contributed by atoms with Crippen LogP contribution >= 0.6 is 11.6 Å². The summed E-state index contributed by atoms with van der Waals surface area (Å²) in [4.78, 5) is 12.0. The number of hydrogen-bond acceptors (Lipinski definition) is 3. The maximum atomic E-state index is 12.0. The third kappa shape index (κ3) is 4.49. The Morgan fingerprint density at radius 3 is 2.25 bits per heavy atom. The van der Waals surface area contributed by atoms with Crippen molar-refractivity contribution in [1.82, 2.24) is 0 Å². The van der Waals surface area contributed by atoms with E-state index in [1.807, 2.05) is 61.5 Å². The summed E-state index contributed by atoms with van der Waals surface area (Å²) in [5.74, 6) is -0.432. The van der Waals surface area contributed by atoms with Gasteiger partial charge in [0.2, 0.25) is 0 Å². The van der Waals surface area contributed by atoms with Crippen LogP contribution in [-0.2, 0) is 14.3 Å². The Bertz CT molecular complexity index is 774. The predicted molar refractivity (Wildman–Crippen MR) is 98.6 cm³/mol. The fraction of sp³-hybridized carbons (Fsp3) is 0.150. The molecule has 0 spiro atoms. The number of carbonyl (C=O) groups excluding carboxylic acids is 1. The van der Waals surface area contributed by atoms with E-state index in [4.69, 9.17) is 21.1 Å². The summed E-state index contributed by atoms with van der Waals surface area (Å²) in [5, 5.41) is 0.706. The number of aryl methyl sites for hydroxylation is 1. The molecule has 0 fully saturated rings. The Hall–Kier alpha value is -2.52. The minimum Gasteiger partial charge on any atom is -0.503 e. The lowest BCUT2D eigenvalue weighted by atomic mass is 9.98. The van der Waals surface area contributed by atoms with Crippen LogP contribution in [0.5, 0.6) is 0 Å². The van der Waals surface area contributed by atoms with Crippen molar-refractivity contribution >= 4 is 35.3 Å². The lowest BCUT2D eigenvalue weighted by Gasteiger charge is -2.10. The molecule has 0 radical (unpaired) electrons. The van der Waals surface area contributed by atoms with E-state index in [-0.39, 0.29) is 0 Å². The number of benzene rings is 2. The molecule has 0 saturated carbocycles. The highest BCUT2D eigenvalue weighted by Gasteiger charge is 2.15. The van der Waals surface area contributed by atoms with E-state index in [0.29, 0.717) is 10.6 Å². The van der Waals surface area contributed by atoms with Crippen molar-refractivity contribution in [3.05, 3.63) is 76.0 Å². The lowest BCUT2D eigenvalue weighted by molar-refractivity contribution is -0.133. The van der Waals surface area contributed by atoms with Crippen molar-refractivity contribution in [2.24, 2.45) is 0 Å². The fourth-order valence-corrected chi connectivity index (χ4v) is 2.38. The second-order valence-corrected chi connectivity index (χ2v) is 5.65. The van der Waals surface area contributed by atoms with Gasteiger partial charge in [0.25, 0.3) is 0 Å². The number of methoxy groups -OCH3 is 2. The standard InChI is InChI=1S/C20H19ClO3/c1-14-4-5-16(7-6-15-8-10-17(21)11-9-15)12-18(14)19(13-23-2)20(22)24-3/h4-13H,1-3H3/b7-6+,19-13+. The van der Waals surface area contributed by atoms with Gasteiger partial charge < -0.3 is 9.47 Å². The Balaban J connectivity index is 2.35. The monoisotopic (exact) mass is 342 g/mol. The second-order valence-electron chi connectivity index (χ2n) is 5.22. The first kappa shape index (κ1) is 17.8. The van der Waals surface area contributed by atoms with Gasteiger partial charge in [0, 0.05) is 5.02 Å². The first-order valence-corrected chi connectivity index (χ1v) is 7.79. The predicted octanol–water partition coefficient (Wildman–Crippen LogP) is 4.98. The summed E-state index contributed by atoms with van der Waals surface area (Å²) in [5.41, 5.74) is 4.15. The molecule has 2 aromatic carbocycles. The molecular weight excluding hydrogens is 324 g/mol. The van der Waals surface area contributed by atoms with Crippen LogP contribution in [0.4, 0.5) is 0 Å². The highest BCUT2D eigenvalue weighted by Crippen LogP contribution is 2.23. The molecule has 2 rings (SSSR count). The molecular formula is C20H19ClO3. The Morgan fingerprint density at radius 1 is 1.00 bits per heavy atom. The number of esters is 1. The number of ether oxygens (including phenoxy) is 2. The topological polar surface area (TPSA) is 35.5 Å². The normalized spacial score (nSPS) is 11.6. The van der Waals surface area contributed by atoms with Gasteiger partial charge in [0.15, 0.2) is 0 Å². The highest BCUT2D eigenvalue weighted by atomic mass is 35.5. The van der Waals surface area contributed by atoms with Crippen molar-refractivity contribution in [2.75, 3.05) is 14.2 Å². The van der Waals surface area contributed by atoms with Crippen molar-refractivity contribution in [3.63, 3.8) is 0 Å². The molecule has 0 aliphatic rings. The van der Waals surface area contributed by atoms with Gasteiger partial charge in [-0.2, -0.15) is 0 Å². The molecule has 0 atom stereocenters. The SMILES string of the molecule is CO/C=C(/C(=O)OC)c1cc(/C=C/c2ccc(Cl)cc2)ccc1C. The molecule has 0 aliphatic heterocycles. The Labute approximate surface area is 147 Å². The van der Waals surface area contributed by atoms with Crippen molar-refractivity contribution < 1.29 is 14.3 Å². The van der Waals surface area contributed by atoms with Crippen LogP contribution in [0.1, 0.15) is 22.3 Å². The zero-order chi connectivity index (χ0) is 17.5. The average Bonchev–Trinajstić information content (AvgIpc) is 2.60. The Morgan fingerprint density at radius 2 is 1.62 bits per heavy atom. The van der Waals surface area contributed by atoms with Crippen molar-refractivity contribution in [3.8, 4) is 0 Å². The molecule has 124 valence electrons. The summed E-state index contributed by atoms with van der Waals surface area (Å²) in [6.07, 6.45) is 5.37. The minimum absolute atomic E-state index is 0.388. The molecule has 0 aromatic heterocycles. The van der Waals surface area contributed by atoms with E-state index in [1.54, 1.807) is 0 Å². The summed E-state index contributed by atoms with van der Waals surface area (Å²) in [6, 6.07) is 13.5. The molecule has 0 N–H and O–H groups in total. The first-order chi connectivity index (χ1) is 11.5. The van der Waals surface area contributed by atoms with Gasteiger partial charge in [-0.05, 0) is 47.4 Å². The van der Waals surface area contributed by atoms with E-state index < -0.39 is 5.97 Å². The number of hydrogen-bond donors (Lipinski definition) is 0. The molecule has 3 nitrogen and oxygen atoms in total. The van der Waals surface area contributed by atoms with Crippen molar-refractivity contribution in [2.45, 2.75) is 6.92 Å². The van der Waals surface area contributed by atoms with Crippen LogP contribution in [0.15, 0.2) is 48.7 Å². The van der Waals surface area contributed by atoms with E-state index >= 15 is 0 Å². The van der Waals surface area contributed by atoms with Gasteiger partial charge >= 0.3 is 5.97 Å². The molecule has 4 heteroatoms.